The molecule has 10 heteroatoms. The number of aromatic amines is 1. The predicted molar refractivity (Wildman–Crippen MR) is 125 cm³/mol. The number of amides is 1. The van der Waals surface area contributed by atoms with Crippen molar-refractivity contribution >= 4 is 5.91 Å². The van der Waals surface area contributed by atoms with Crippen molar-refractivity contribution in [3.63, 3.8) is 0 Å². The van der Waals surface area contributed by atoms with Crippen LogP contribution in [-0.4, -0.2) is 57.0 Å². The third-order valence-electron chi connectivity index (χ3n) is 8.49. The van der Waals surface area contributed by atoms with Crippen molar-refractivity contribution < 1.29 is 18.3 Å². The Hall–Kier alpha value is -3.53. The highest BCUT2D eigenvalue weighted by Gasteiger charge is 2.67. The van der Waals surface area contributed by atoms with Crippen LogP contribution in [0.15, 0.2) is 41.2 Å². The van der Waals surface area contributed by atoms with Crippen LogP contribution in [-0.2, 0) is 10.2 Å². The van der Waals surface area contributed by atoms with Gasteiger partial charge in [0.2, 0.25) is 0 Å². The molecule has 3 aromatic rings. The lowest BCUT2D eigenvalue weighted by molar-refractivity contribution is -0.0842. The van der Waals surface area contributed by atoms with Gasteiger partial charge in [0.1, 0.15) is 17.3 Å². The lowest BCUT2D eigenvalue weighted by Crippen LogP contribution is -2.57. The predicted octanol–water partition coefficient (Wildman–Crippen LogP) is 3.20. The molecule has 6 rings (SSSR count). The highest BCUT2D eigenvalue weighted by Crippen LogP contribution is 2.69. The minimum atomic E-state index is -0.679. The van der Waals surface area contributed by atoms with Crippen LogP contribution in [0.2, 0.25) is 0 Å². The summed E-state index contributed by atoms with van der Waals surface area (Å²) in [5.74, 6) is -1.52. The van der Waals surface area contributed by atoms with E-state index in [1.54, 1.807) is 11.0 Å². The molecule has 1 aliphatic heterocycles. The summed E-state index contributed by atoms with van der Waals surface area (Å²) in [7, 11) is 0. The second-order valence-electron chi connectivity index (χ2n) is 10.3. The van der Waals surface area contributed by atoms with Gasteiger partial charge < -0.3 is 9.64 Å². The number of carbonyl (C=O) groups excluding carboxylic acids is 1. The van der Waals surface area contributed by atoms with Gasteiger partial charge in [-0.2, -0.15) is 15.3 Å². The number of nitrogens with zero attached hydrogens (tertiary/aromatic N) is 4. The minimum Gasteiger partial charge on any atom is -0.374 e. The molecule has 1 saturated carbocycles. The Bertz CT molecular complexity index is 1400. The Kier molecular flexibility index (Phi) is 5.08. The van der Waals surface area contributed by atoms with Gasteiger partial charge in [-0.3, -0.25) is 9.59 Å². The first-order valence-electron chi connectivity index (χ1n) is 12.0. The number of rotatable bonds is 3. The summed E-state index contributed by atoms with van der Waals surface area (Å²) in [5.41, 5.74) is 0.723. The molecule has 0 unspecified atom stereocenters. The lowest BCUT2D eigenvalue weighted by Gasteiger charge is -2.47. The molecule has 2 fully saturated rings. The molecule has 1 amide bonds. The number of H-pyrrole nitrogens is 1. The molecular formula is C26H25F2N5O3. The van der Waals surface area contributed by atoms with Gasteiger partial charge in [0.25, 0.3) is 11.5 Å². The maximum Gasteiger partial charge on any atom is 0.274 e. The van der Waals surface area contributed by atoms with Crippen molar-refractivity contribution in [1.29, 1.82) is 0 Å². The molecular weight excluding hydrogens is 468 g/mol. The van der Waals surface area contributed by atoms with E-state index in [4.69, 9.17) is 4.74 Å². The molecule has 3 heterocycles. The van der Waals surface area contributed by atoms with Crippen LogP contribution in [0.3, 0.4) is 0 Å². The van der Waals surface area contributed by atoms with E-state index in [-0.39, 0.29) is 45.9 Å². The number of fused-ring (bicyclic) bond motifs is 5. The Morgan fingerprint density at radius 1 is 1.17 bits per heavy atom. The van der Waals surface area contributed by atoms with Crippen LogP contribution >= 0.6 is 0 Å². The van der Waals surface area contributed by atoms with E-state index >= 15 is 0 Å². The number of benzene rings is 1. The van der Waals surface area contributed by atoms with Gasteiger partial charge in [-0.15, -0.1) is 0 Å². The molecule has 8 nitrogen and oxygen atoms in total. The second kappa shape index (κ2) is 7.99. The fraction of sp³-hybridized carbons (Fsp3) is 0.423. The third-order valence-corrected chi connectivity index (χ3v) is 8.49. The summed E-state index contributed by atoms with van der Waals surface area (Å²) in [6, 6.07) is 8.21. The molecule has 2 bridgehead atoms. The second-order valence-corrected chi connectivity index (χ2v) is 10.3. The smallest absolute Gasteiger partial charge is 0.274 e. The van der Waals surface area contributed by atoms with Crippen LogP contribution in [0.5, 0.6) is 0 Å². The van der Waals surface area contributed by atoms with Gasteiger partial charge in [-0.05, 0) is 54.0 Å². The Morgan fingerprint density at radius 3 is 2.67 bits per heavy atom. The third kappa shape index (κ3) is 3.09. The monoisotopic (exact) mass is 493 g/mol. The van der Waals surface area contributed by atoms with Crippen molar-refractivity contribution in [2.75, 3.05) is 19.7 Å². The molecule has 3 aliphatic rings. The maximum absolute atomic E-state index is 14.5. The summed E-state index contributed by atoms with van der Waals surface area (Å²) in [6.07, 6.45) is 1.34. The Balaban J connectivity index is 1.38. The zero-order chi connectivity index (χ0) is 25.2. The van der Waals surface area contributed by atoms with Gasteiger partial charge in [0.15, 0.2) is 0 Å². The lowest BCUT2D eigenvalue weighted by atomic mass is 9.64. The largest absolute Gasteiger partial charge is 0.374 e. The average Bonchev–Trinajstić information content (AvgIpc) is 3.25. The van der Waals surface area contributed by atoms with Gasteiger partial charge in [0, 0.05) is 24.6 Å². The van der Waals surface area contributed by atoms with Crippen molar-refractivity contribution in [2.45, 2.75) is 44.1 Å². The molecule has 3 atom stereocenters. The highest BCUT2D eigenvalue weighted by atomic mass is 19.1. The fourth-order valence-electron chi connectivity index (χ4n) is 6.70. The van der Waals surface area contributed by atoms with E-state index in [0.29, 0.717) is 19.7 Å². The van der Waals surface area contributed by atoms with E-state index in [1.165, 1.54) is 30.3 Å². The first-order valence-corrected chi connectivity index (χ1v) is 12.0. The van der Waals surface area contributed by atoms with E-state index in [1.807, 2.05) is 0 Å². The van der Waals surface area contributed by atoms with Gasteiger partial charge in [-0.25, -0.2) is 13.9 Å². The summed E-state index contributed by atoms with van der Waals surface area (Å²) < 4.78 is 35.3. The minimum absolute atomic E-state index is 0.118. The summed E-state index contributed by atoms with van der Waals surface area (Å²) in [6.45, 7) is 5.43. The topological polar surface area (TPSA) is 101 Å². The zero-order valence-corrected chi connectivity index (χ0v) is 19.9. The number of morpholine rings is 1. The summed E-state index contributed by atoms with van der Waals surface area (Å²) in [4.78, 5) is 26.2. The van der Waals surface area contributed by atoms with E-state index in [2.05, 4.69) is 34.2 Å². The molecule has 2 aliphatic carbocycles. The molecule has 186 valence electrons. The van der Waals surface area contributed by atoms with Crippen LogP contribution in [0.4, 0.5) is 8.78 Å². The van der Waals surface area contributed by atoms with Crippen LogP contribution in [0.1, 0.15) is 54.4 Å². The van der Waals surface area contributed by atoms with Crippen LogP contribution in [0, 0.1) is 17.0 Å². The number of hydrogen-bond acceptors (Lipinski definition) is 6. The number of carbonyl (C=O) groups is 1. The maximum atomic E-state index is 14.5. The van der Waals surface area contributed by atoms with Crippen LogP contribution < -0.4 is 5.56 Å². The van der Waals surface area contributed by atoms with Crippen molar-refractivity contribution in [1.82, 2.24) is 25.3 Å². The van der Waals surface area contributed by atoms with Gasteiger partial charge in [0.05, 0.1) is 29.7 Å². The Morgan fingerprint density at radius 2 is 1.94 bits per heavy atom. The first-order chi connectivity index (χ1) is 17.2. The van der Waals surface area contributed by atoms with E-state index in [9.17, 15) is 18.4 Å². The molecule has 1 saturated heterocycles. The number of nitrogens with one attached hydrogen (secondary N) is 1. The molecule has 2 aromatic heterocycles. The van der Waals surface area contributed by atoms with Gasteiger partial charge >= 0.3 is 0 Å². The zero-order valence-electron chi connectivity index (χ0n) is 19.9. The highest BCUT2D eigenvalue weighted by molar-refractivity contribution is 5.92. The summed E-state index contributed by atoms with van der Waals surface area (Å²) >= 11 is 0. The van der Waals surface area contributed by atoms with Crippen molar-refractivity contribution in [3.05, 3.63) is 75.3 Å². The molecule has 1 aromatic carbocycles. The van der Waals surface area contributed by atoms with E-state index < -0.39 is 17.0 Å². The molecule has 0 spiro atoms. The van der Waals surface area contributed by atoms with Gasteiger partial charge in [-0.1, -0.05) is 19.9 Å². The summed E-state index contributed by atoms with van der Waals surface area (Å²) in [5, 5.41) is 15.0. The fourth-order valence-corrected chi connectivity index (χ4v) is 6.70. The van der Waals surface area contributed by atoms with E-state index in [0.717, 1.165) is 24.1 Å². The number of ether oxygens (including phenoxy) is 1. The SMILES string of the molecule is CC1(C)[C@H]2CC[C@]1([C@H]1CN(C(=O)c3ccc(=O)[nH]n3)CCO1)c1nnc(-c3c(F)cccc3F)cc12. The van der Waals surface area contributed by atoms with Crippen LogP contribution in [0.25, 0.3) is 11.3 Å². The van der Waals surface area contributed by atoms with Crippen molar-refractivity contribution in [3.8, 4) is 11.3 Å². The Labute approximate surface area is 205 Å². The molecule has 0 radical (unpaired) electrons. The number of aromatic nitrogens is 4. The first kappa shape index (κ1) is 22.9. The number of hydrogen-bond donors (Lipinski definition) is 1. The molecule has 1 N–H and O–H groups in total. The number of halogens is 2. The normalized spacial score (nSPS) is 26.2. The standard InChI is InChI=1S/C26H25F2N5O3/c1-25(2)15-8-9-26(25,20-13-33(10-11-36-20)24(35)18-6-7-21(34)31-29-18)23-14(15)12-19(30-32-23)22-16(27)4-3-5-17(22)28/h3-7,12,15,20H,8-11,13H2,1-2H3,(H,31,34)/t15-,20+,26-/m0/s1. The quantitative estimate of drug-likeness (QED) is 0.602. The van der Waals surface area contributed by atoms with Crippen molar-refractivity contribution in [2.24, 2.45) is 5.41 Å². The average molecular weight is 494 g/mol. The molecule has 36 heavy (non-hydrogen) atoms.